The van der Waals surface area contributed by atoms with Crippen molar-refractivity contribution in [3.05, 3.63) is 36.7 Å². The topological polar surface area (TPSA) is 59.8 Å². The molecular weight excluding hydrogens is 280 g/mol. The van der Waals surface area contributed by atoms with Gasteiger partial charge in [-0.25, -0.2) is 9.78 Å². The number of amides is 1. The lowest BCUT2D eigenvalue weighted by Gasteiger charge is -2.06. The largest absolute Gasteiger partial charge is 0.343 e. The van der Waals surface area contributed by atoms with E-state index in [9.17, 15) is 4.79 Å². The Bertz CT molecular complexity index is 542. The molecule has 0 radical (unpaired) electrons. The van der Waals surface area contributed by atoms with Crippen LogP contribution in [0.5, 0.6) is 0 Å². The number of carbonyl (C=O) groups is 1. The lowest BCUT2D eigenvalue weighted by atomic mass is 10.4. The molecule has 0 unspecified atom stereocenters. The maximum absolute atomic E-state index is 11.7. The maximum atomic E-state index is 11.7. The summed E-state index contributed by atoms with van der Waals surface area (Å²) in [5, 5.41) is 7.43. The second-order valence-electron chi connectivity index (χ2n) is 4.06. The van der Waals surface area contributed by atoms with E-state index in [-0.39, 0.29) is 12.1 Å². The Morgan fingerprint density at radius 3 is 2.68 bits per heavy atom. The van der Waals surface area contributed by atoms with Gasteiger partial charge in [0.05, 0.1) is 0 Å². The zero-order chi connectivity index (χ0) is 13.7. The SMILES string of the molecule is CC(C)NC(=O)n1cnc(SSc2ccccc2)n1. The van der Waals surface area contributed by atoms with E-state index in [2.05, 4.69) is 15.4 Å². The normalized spacial score (nSPS) is 10.7. The van der Waals surface area contributed by atoms with E-state index in [0.717, 1.165) is 4.90 Å². The molecule has 2 aromatic rings. The molecule has 0 fully saturated rings. The van der Waals surface area contributed by atoms with Gasteiger partial charge in [0.25, 0.3) is 0 Å². The molecule has 100 valence electrons. The number of aromatic nitrogens is 3. The minimum Gasteiger partial charge on any atom is -0.334 e. The fraction of sp³-hybridized carbons (Fsp3) is 0.250. The van der Waals surface area contributed by atoms with Gasteiger partial charge in [-0.3, -0.25) is 0 Å². The molecule has 1 aromatic carbocycles. The van der Waals surface area contributed by atoms with E-state index in [1.807, 2.05) is 44.2 Å². The number of rotatable bonds is 4. The number of nitrogens with zero attached hydrogens (tertiary/aromatic N) is 3. The van der Waals surface area contributed by atoms with Crippen molar-refractivity contribution in [1.29, 1.82) is 0 Å². The number of benzene rings is 1. The van der Waals surface area contributed by atoms with Gasteiger partial charge in [-0.15, -0.1) is 5.10 Å². The lowest BCUT2D eigenvalue weighted by Crippen LogP contribution is -2.34. The summed E-state index contributed by atoms with van der Waals surface area (Å²) < 4.78 is 1.22. The molecule has 0 spiro atoms. The summed E-state index contributed by atoms with van der Waals surface area (Å²) in [5.41, 5.74) is 0. The average Bonchev–Trinajstić information content (AvgIpc) is 2.86. The van der Waals surface area contributed by atoms with Crippen LogP contribution in [0, 0.1) is 0 Å². The number of carbonyl (C=O) groups excluding carboxylic acids is 1. The fourth-order valence-electron chi connectivity index (χ4n) is 1.26. The Kier molecular flexibility index (Phi) is 4.86. The van der Waals surface area contributed by atoms with Crippen molar-refractivity contribution < 1.29 is 4.79 Å². The van der Waals surface area contributed by atoms with Gasteiger partial charge in [0.1, 0.15) is 6.33 Å². The minimum absolute atomic E-state index is 0.0755. The van der Waals surface area contributed by atoms with Gasteiger partial charge in [0.15, 0.2) is 0 Å². The molecule has 19 heavy (non-hydrogen) atoms. The summed E-state index contributed by atoms with van der Waals surface area (Å²) in [6, 6.07) is 9.76. The van der Waals surface area contributed by atoms with Crippen molar-refractivity contribution >= 4 is 27.6 Å². The van der Waals surface area contributed by atoms with Gasteiger partial charge in [-0.05, 0) is 47.6 Å². The smallest absolute Gasteiger partial charge is 0.334 e. The van der Waals surface area contributed by atoms with Crippen molar-refractivity contribution in [2.75, 3.05) is 0 Å². The van der Waals surface area contributed by atoms with Crippen LogP contribution < -0.4 is 5.32 Å². The van der Waals surface area contributed by atoms with Crippen LogP contribution in [0.3, 0.4) is 0 Å². The molecule has 0 saturated heterocycles. The molecule has 1 amide bonds. The molecule has 0 bridgehead atoms. The van der Waals surface area contributed by atoms with Crippen LogP contribution in [0.25, 0.3) is 0 Å². The first-order chi connectivity index (χ1) is 9.15. The number of hydrogen-bond acceptors (Lipinski definition) is 5. The van der Waals surface area contributed by atoms with E-state index in [4.69, 9.17) is 0 Å². The molecule has 5 nitrogen and oxygen atoms in total. The van der Waals surface area contributed by atoms with Crippen LogP contribution in [0.4, 0.5) is 4.79 Å². The minimum atomic E-state index is -0.265. The van der Waals surface area contributed by atoms with Gasteiger partial charge >= 0.3 is 6.03 Å². The average molecular weight is 294 g/mol. The van der Waals surface area contributed by atoms with Crippen LogP contribution in [0.1, 0.15) is 13.8 Å². The summed E-state index contributed by atoms with van der Waals surface area (Å²) in [6.07, 6.45) is 1.42. The predicted octanol–water partition coefficient (Wildman–Crippen LogP) is 3.04. The zero-order valence-corrected chi connectivity index (χ0v) is 12.2. The number of hydrogen-bond donors (Lipinski definition) is 1. The van der Waals surface area contributed by atoms with Crippen molar-refractivity contribution in [1.82, 2.24) is 20.1 Å². The highest BCUT2D eigenvalue weighted by molar-refractivity contribution is 8.76. The van der Waals surface area contributed by atoms with Crippen molar-refractivity contribution in [2.24, 2.45) is 0 Å². The quantitative estimate of drug-likeness (QED) is 0.878. The fourth-order valence-corrected chi connectivity index (χ4v) is 2.98. The van der Waals surface area contributed by atoms with Gasteiger partial charge in [0.2, 0.25) is 5.16 Å². The molecular formula is C12H14N4OS2. The monoisotopic (exact) mass is 294 g/mol. The predicted molar refractivity (Wildman–Crippen MR) is 77.2 cm³/mol. The summed E-state index contributed by atoms with van der Waals surface area (Å²) in [5.74, 6) is 0. The molecule has 0 atom stereocenters. The first-order valence-corrected chi connectivity index (χ1v) is 7.92. The Hall–Kier alpha value is -1.47. The first-order valence-electron chi connectivity index (χ1n) is 5.77. The highest BCUT2D eigenvalue weighted by Crippen LogP contribution is 2.34. The van der Waals surface area contributed by atoms with E-state index in [1.54, 1.807) is 10.8 Å². The standard InChI is InChI=1S/C12H14N4OS2/c1-9(2)14-12(17)16-8-13-11(15-16)19-18-10-6-4-3-5-7-10/h3-9H,1-2H3,(H,14,17). The molecule has 1 heterocycles. The third kappa shape index (κ3) is 4.29. The maximum Gasteiger partial charge on any atom is 0.343 e. The second-order valence-corrected chi connectivity index (χ2v) is 6.23. The van der Waals surface area contributed by atoms with E-state index >= 15 is 0 Å². The summed E-state index contributed by atoms with van der Waals surface area (Å²) in [7, 11) is 2.98. The molecule has 1 aromatic heterocycles. The van der Waals surface area contributed by atoms with E-state index in [0.29, 0.717) is 5.16 Å². The molecule has 2 rings (SSSR count). The highest BCUT2D eigenvalue weighted by atomic mass is 33.1. The molecule has 0 saturated carbocycles. The molecule has 0 aliphatic rings. The van der Waals surface area contributed by atoms with Crippen molar-refractivity contribution in [3.63, 3.8) is 0 Å². The Balaban J connectivity index is 1.92. The number of nitrogens with one attached hydrogen (secondary N) is 1. The van der Waals surface area contributed by atoms with Gasteiger partial charge < -0.3 is 5.32 Å². The third-order valence-corrected chi connectivity index (χ3v) is 4.21. The Labute approximate surface area is 119 Å². The van der Waals surface area contributed by atoms with Crippen molar-refractivity contribution in [2.45, 2.75) is 29.9 Å². The first kappa shape index (κ1) is 14.0. The van der Waals surface area contributed by atoms with E-state index < -0.39 is 0 Å². The van der Waals surface area contributed by atoms with Crippen LogP contribution in [0.2, 0.25) is 0 Å². The molecule has 0 aliphatic heterocycles. The second kappa shape index (κ2) is 6.63. The van der Waals surface area contributed by atoms with Crippen LogP contribution in [-0.2, 0) is 0 Å². The van der Waals surface area contributed by atoms with Crippen LogP contribution >= 0.6 is 21.6 Å². The summed E-state index contributed by atoms with van der Waals surface area (Å²) >= 11 is 0. The van der Waals surface area contributed by atoms with Gasteiger partial charge in [-0.2, -0.15) is 4.68 Å². The Morgan fingerprint density at radius 1 is 1.26 bits per heavy atom. The van der Waals surface area contributed by atoms with Crippen LogP contribution in [-0.4, -0.2) is 26.8 Å². The molecule has 7 heteroatoms. The van der Waals surface area contributed by atoms with Gasteiger partial charge in [0, 0.05) is 10.9 Å². The van der Waals surface area contributed by atoms with Crippen LogP contribution in [0.15, 0.2) is 46.7 Å². The van der Waals surface area contributed by atoms with Gasteiger partial charge in [-0.1, -0.05) is 18.2 Å². The van der Waals surface area contributed by atoms with E-state index in [1.165, 1.54) is 21.8 Å². The zero-order valence-electron chi connectivity index (χ0n) is 10.6. The third-order valence-electron chi connectivity index (χ3n) is 2.05. The highest BCUT2D eigenvalue weighted by Gasteiger charge is 2.10. The lowest BCUT2D eigenvalue weighted by molar-refractivity contribution is 0.237. The summed E-state index contributed by atoms with van der Waals surface area (Å²) in [4.78, 5) is 16.9. The van der Waals surface area contributed by atoms with Crippen molar-refractivity contribution in [3.8, 4) is 0 Å². The summed E-state index contributed by atoms with van der Waals surface area (Å²) in [6.45, 7) is 3.80. The Morgan fingerprint density at radius 2 is 2.00 bits per heavy atom. The molecule has 0 aliphatic carbocycles. The molecule has 1 N–H and O–H groups in total.